The molecular weight excluding hydrogens is 170 g/mol. The van der Waals surface area contributed by atoms with E-state index in [4.69, 9.17) is 4.74 Å². The van der Waals surface area contributed by atoms with Crippen LogP contribution in [0.1, 0.15) is 26.7 Å². The van der Waals surface area contributed by atoms with Crippen molar-refractivity contribution in [1.29, 1.82) is 0 Å². The zero-order valence-electron chi connectivity index (χ0n) is 8.08. The van der Waals surface area contributed by atoms with Crippen LogP contribution in [0.4, 0.5) is 0 Å². The SMILES string of the molecule is CCOC(=O)C1(C)CC(CN=O)C1. The monoisotopic (exact) mass is 185 g/mol. The zero-order valence-corrected chi connectivity index (χ0v) is 8.08. The fourth-order valence-electron chi connectivity index (χ4n) is 1.92. The number of nitrogens with zero attached hydrogens (tertiary/aromatic N) is 1. The lowest BCUT2D eigenvalue weighted by molar-refractivity contribution is -0.162. The molecule has 1 fully saturated rings. The van der Waals surface area contributed by atoms with E-state index in [1.54, 1.807) is 6.92 Å². The molecule has 0 aromatic carbocycles. The normalized spacial score (nSPS) is 32.0. The molecule has 0 aliphatic heterocycles. The second-order valence-electron chi connectivity index (χ2n) is 3.87. The van der Waals surface area contributed by atoms with Gasteiger partial charge in [0.05, 0.1) is 18.6 Å². The summed E-state index contributed by atoms with van der Waals surface area (Å²) in [7, 11) is 0. The predicted molar refractivity (Wildman–Crippen MR) is 48.1 cm³/mol. The van der Waals surface area contributed by atoms with Crippen LogP contribution in [0.25, 0.3) is 0 Å². The van der Waals surface area contributed by atoms with Crippen molar-refractivity contribution in [2.24, 2.45) is 16.5 Å². The van der Waals surface area contributed by atoms with Crippen LogP contribution in [0.15, 0.2) is 5.18 Å². The lowest BCUT2D eigenvalue weighted by Crippen LogP contribution is -2.43. The number of carbonyl (C=O) groups excluding carboxylic acids is 1. The van der Waals surface area contributed by atoms with Crippen molar-refractivity contribution in [3.8, 4) is 0 Å². The van der Waals surface area contributed by atoms with Crippen LogP contribution in [0.2, 0.25) is 0 Å². The summed E-state index contributed by atoms with van der Waals surface area (Å²) >= 11 is 0. The van der Waals surface area contributed by atoms with Gasteiger partial charge in [-0.1, -0.05) is 5.18 Å². The highest BCUT2D eigenvalue weighted by Crippen LogP contribution is 2.46. The number of hydrogen-bond donors (Lipinski definition) is 0. The second-order valence-corrected chi connectivity index (χ2v) is 3.87. The van der Waals surface area contributed by atoms with Gasteiger partial charge in [0.1, 0.15) is 0 Å². The maximum Gasteiger partial charge on any atom is 0.311 e. The molecule has 1 rings (SSSR count). The molecular formula is C9H15NO3. The topological polar surface area (TPSA) is 55.7 Å². The molecule has 0 atom stereocenters. The number of esters is 1. The first kappa shape index (κ1) is 10.2. The third kappa shape index (κ3) is 2.05. The van der Waals surface area contributed by atoms with Crippen LogP contribution in [0.3, 0.4) is 0 Å². The minimum atomic E-state index is -0.356. The van der Waals surface area contributed by atoms with E-state index in [9.17, 15) is 9.70 Å². The third-order valence-electron chi connectivity index (χ3n) is 2.58. The molecule has 1 aliphatic rings. The van der Waals surface area contributed by atoms with Crippen molar-refractivity contribution in [3.63, 3.8) is 0 Å². The lowest BCUT2D eigenvalue weighted by atomic mass is 9.63. The Bertz CT molecular complexity index is 209. The first-order valence-electron chi connectivity index (χ1n) is 4.58. The first-order valence-corrected chi connectivity index (χ1v) is 4.58. The molecule has 4 nitrogen and oxygen atoms in total. The zero-order chi connectivity index (χ0) is 9.90. The summed E-state index contributed by atoms with van der Waals surface area (Å²) < 4.78 is 4.93. The van der Waals surface area contributed by atoms with E-state index in [0.29, 0.717) is 13.2 Å². The van der Waals surface area contributed by atoms with Crippen molar-refractivity contribution in [2.75, 3.05) is 13.2 Å². The molecule has 0 aromatic heterocycles. The Hall–Kier alpha value is -0.930. The summed E-state index contributed by atoms with van der Waals surface area (Å²) in [5.41, 5.74) is -0.356. The molecule has 0 amide bonds. The average molecular weight is 185 g/mol. The number of hydrogen-bond acceptors (Lipinski definition) is 4. The van der Waals surface area contributed by atoms with Crippen LogP contribution in [-0.2, 0) is 9.53 Å². The van der Waals surface area contributed by atoms with E-state index in [-0.39, 0.29) is 17.3 Å². The van der Waals surface area contributed by atoms with Crippen LogP contribution < -0.4 is 0 Å². The van der Waals surface area contributed by atoms with Gasteiger partial charge in [-0.25, -0.2) is 0 Å². The largest absolute Gasteiger partial charge is 0.466 e. The Morgan fingerprint density at radius 1 is 1.62 bits per heavy atom. The minimum absolute atomic E-state index is 0.142. The van der Waals surface area contributed by atoms with Gasteiger partial charge in [-0.05, 0) is 32.6 Å². The van der Waals surface area contributed by atoms with Gasteiger partial charge in [-0.15, -0.1) is 0 Å². The molecule has 1 aliphatic carbocycles. The summed E-state index contributed by atoms with van der Waals surface area (Å²) in [6.45, 7) is 4.43. The molecule has 0 radical (unpaired) electrons. The standard InChI is InChI=1S/C9H15NO3/c1-3-13-8(11)9(2)4-7(5-9)6-10-12/h7H,3-6H2,1-2H3. The smallest absolute Gasteiger partial charge is 0.311 e. The van der Waals surface area contributed by atoms with E-state index in [1.807, 2.05) is 6.92 Å². The van der Waals surface area contributed by atoms with Crippen molar-refractivity contribution in [1.82, 2.24) is 0 Å². The van der Waals surface area contributed by atoms with Gasteiger partial charge in [-0.2, -0.15) is 4.91 Å². The van der Waals surface area contributed by atoms with Crippen LogP contribution in [0, 0.1) is 16.2 Å². The number of nitroso groups, excluding NO2 is 1. The fourth-order valence-corrected chi connectivity index (χ4v) is 1.92. The summed E-state index contributed by atoms with van der Waals surface area (Å²) in [4.78, 5) is 21.3. The van der Waals surface area contributed by atoms with E-state index in [0.717, 1.165) is 12.8 Å². The maximum absolute atomic E-state index is 11.4. The highest BCUT2D eigenvalue weighted by atomic mass is 16.5. The van der Waals surface area contributed by atoms with Crippen LogP contribution in [-0.4, -0.2) is 19.1 Å². The van der Waals surface area contributed by atoms with E-state index >= 15 is 0 Å². The highest BCUT2D eigenvalue weighted by Gasteiger charge is 2.47. The molecule has 0 N–H and O–H groups in total. The van der Waals surface area contributed by atoms with Gasteiger partial charge >= 0.3 is 5.97 Å². The Morgan fingerprint density at radius 3 is 2.69 bits per heavy atom. The average Bonchev–Trinajstić information content (AvgIpc) is 2.02. The number of ether oxygens (including phenoxy) is 1. The van der Waals surface area contributed by atoms with Crippen molar-refractivity contribution < 1.29 is 9.53 Å². The van der Waals surface area contributed by atoms with E-state index in [1.165, 1.54) is 0 Å². The molecule has 1 saturated carbocycles. The highest BCUT2D eigenvalue weighted by molar-refractivity contribution is 5.77. The second kappa shape index (κ2) is 3.85. The molecule has 0 saturated heterocycles. The Labute approximate surface area is 77.6 Å². The van der Waals surface area contributed by atoms with Crippen molar-refractivity contribution in [3.05, 3.63) is 4.91 Å². The van der Waals surface area contributed by atoms with Crippen LogP contribution >= 0.6 is 0 Å². The van der Waals surface area contributed by atoms with Crippen molar-refractivity contribution in [2.45, 2.75) is 26.7 Å². The number of rotatable bonds is 4. The maximum atomic E-state index is 11.4. The van der Waals surface area contributed by atoms with Gasteiger partial charge in [0, 0.05) is 0 Å². The number of carbonyl (C=O) groups is 1. The van der Waals surface area contributed by atoms with Crippen molar-refractivity contribution >= 4 is 5.97 Å². The Morgan fingerprint density at radius 2 is 2.23 bits per heavy atom. The van der Waals surface area contributed by atoms with E-state index in [2.05, 4.69) is 5.18 Å². The summed E-state index contributed by atoms with van der Waals surface area (Å²) in [5.74, 6) is 0.143. The van der Waals surface area contributed by atoms with Gasteiger partial charge in [-0.3, -0.25) is 4.79 Å². The van der Waals surface area contributed by atoms with Gasteiger partial charge in [0.2, 0.25) is 0 Å². The molecule has 4 heteroatoms. The molecule has 0 spiro atoms. The summed E-state index contributed by atoms with van der Waals surface area (Å²) in [5, 5.41) is 2.83. The van der Waals surface area contributed by atoms with Gasteiger partial charge < -0.3 is 4.74 Å². The summed E-state index contributed by atoms with van der Waals surface area (Å²) in [6.07, 6.45) is 1.47. The predicted octanol–water partition coefficient (Wildman–Crippen LogP) is 1.73. The van der Waals surface area contributed by atoms with Gasteiger partial charge in [0.15, 0.2) is 0 Å². The van der Waals surface area contributed by atoms with E-state index < -0.39 is 0 Å². The fraction of sp³-hybridized carbons (Fsp3) is 0.889. The molecule has 0 unspecified atom stereocenters. The minimum Gasteiger partial charge on any atom is -0.466 e. The van der Waals surface area contributed by atoms with Crippen LogP contribution in [0.5, 0.6) is 0 Å². The summed E-state index contributed by atoms with van der Waals surface area (Å²) in [6, 6.07) is 0. The third-order valence-corrected chi connectivity index (χ3v) is 2.58. The quantitative estimate of drug-likeness (QED) is 0.495. The lowest BCUT2D eigenvalue weighted by Gasteiger charge is -2.41. The molecule has 13 heavy (non-hydrogen) atoms. The molecule has 0 aromatic rings. The Balaban J connectivity index is 2.36. The first-order chi connectivity index (χ1) is 6.12. The Kier molecular flexibility index (Phi) is 3.01. The van der Waals surface area contributed by atoms with Gasteiger partial charge in [0.25, 0.3) is 0 Å². The molecule has 0 heterocycles. The molecule has 0 bridgehead atoms. The molecule has 74 valence electrons.